The Morgan fingerprint density at radius 3 is 1.43 bits per heavy atom. The highest BCUT2D eigenvalue weighted by atomic mass is 16.7. The van der Waals surface area contributed by atoms with Crippen LogP contribution in [-0.4, -0.2) is 87.5 Å². The molecule has 6 N–H and O–H groups in total. The Labute approximate surface area is 368 Å². The number of ether oxygens (including phenoxy) is 2. The minimum atomic E-state index is -1.57. The minimum Gasteiger partial charge on any atom is -0.394 e. The van der Waals surface area contributed by atoms with E-state index in [1.807, 2.05) is 6.08 Å². The highest BCUT2D eigenvalue weighted by Crippen LogP contribution is 2.23. The van der Waals surface area contributed by atoms with Gasteiger partial charge in [0, 0.05) is 6.42 Å². The molecule has 0 aliphatic carbocycles. The van der Waals surface area contributed by atoms with E-state index in [0.717, 1.165) is 44.9 Å². The molecule has 1 rings (SSSR count). The first-order valence-electron chi connectivity index (χ1n) is 25.2. The summed E-state index contributed by atoms with van der Waals surface area (Å²) in [5, 5.41) is 54.3. The highest BCUT2D eigenvalue weighted by molar-refractivity contribution is 5.76. The Hall–Kier alpha value is -1.59. The van der Waals surface area contributed by atoms with Crippen LogP contribution in [0.2, 0.25) is 0 Å². The molecular weight excluding hydrogens is 755 g/mol. The number of carbonyl (C=O) groups is 1. The van der Waals surface area contributed by atoms with Crippen LogP contribution in [0.1, 0.15) is 226 Å². The molecule has 7 atom stereocenters. The van der Waals surface area contributed by atoms with Gasteiger partial charge in [0.1, 0.15) is 24.4 Å². The zero-order chi connectivity index (χ0) is 43.7. The lowest BCUT2D eigenvalue weighted by molar-refractivity contribution is -0.302. The Morgan fingerprint density at radius 1 is 0.567 bits per heavy atom. The summed E-state index contributed by atoms with van der Waals surface area (Å²) in [5.74, 6) is -0.179. The monoisotopic (exact) mass is 850 g/mol. The molecule has 0 bridgehead atoms. The van der Waals surface area contributed by atoms with Crippen molar-refractivity contribution >= 4 is 5.91 Å². The van der Waals surface area contributed by atoms with E-state index < -0.39 is 49.5 Å². The molecule has 0 saturated carbocycles. The lowest BCUT2D eigenvalue weighted by Crippen LogP contribution is -2.60. The number of carbonyl (C=O) groups excluding carboxylic acids is 1. The van der Waals surface area contributed by atoms with Gasteiger partial charge in [0.25, 0.3) is 0 Å². The van der Waals surface area contributed by atoms with Gasteiger partial charge in [-0.2, -0.15) is 0 Å². The van der Waals surface area contributed by atoms with Crippen molar-refractivity contribution in [1.82, 2.24) is 5.32 Å². The molecule has 0 aromatic rings. The number of unbranched alkanes of at least 4 members (excludes halogenated alkanes) is 28. The number of hydrogen-bond donors (Lipinski definition) is 6. The summed E-state index contributed by atoms with van der Waals surface area (Å²) >= 11 is 0. The third kappa shape index (κ3) is 31.3. The van der Waals surface area contributed by atoms with E-state index in [4.69, 9.17) is 9.47 Å². The maximum Gasteiger partial charge on any atom is 0.220 e. The van der Waals surface area contributed by atoms with Crippen LogP contribution in [0.5, 0.6) is 0 Å². The van der Waals surface area contributed by atoms with Gasteiger partial charge in [-0.25, -0.2) is 0 Å². The number of aliphatic hydroxyl groups is 5. The van der Waals surface area contributed by atoms with Crippen LogP contribution in [0, 0.1) is 0 Å². The molecule has 60 heavy (non-hydrogen) atoms. The summed E-state index contributed by atoms with van der Waals surface area (Å²) in [6, 6.07) is -0.804. The van der Waals surface area contributed by atoms with Crippen LogP contribution in [0.25, 0.3) is 0 Å². The molecule has 352 valence electrons. The smallest absolute Gasteiger partial charge is 0.220 e. The van der Waals surface area contributed by atoms with E-state index in [1.54, 1.807) is 6.08 Å². The molecule has 1 amide bonds. The zero-order valence-electron chi connectivity index (χ0n) is 38.7. The second kappa shape index (κ2) is 41.4. The van der Waals surface area contributed by atoms with Crippen molar-refractivity contribution in [2.24, 2.45) is 0 Å². The summed E-state index contributed by atoms with van der Waals surface area (Å²) in [6.45, 7) is 3.77. The van der Waals surface area contributed by atoms with Gasteiger partial charge in [0.15, 0.2) is 6.29 Å². The van der Waals surface area contributed by atoms with Gasteiger partial charge in [-0.05, 0) is 51.4 Å². The fourth-order valence-corrected chi connectivity index (χ4v) is 7.89. The Bertz CT molecular complexity index is 1030. The van der Waals surface area contributed by atoms with E-state index in [2.05, 4.69) is 43.5 Å². The normalized spacial score (nSPS) is 20.8. The SMILES string of the molecule is CCCCCCC/C=C\C/C=C\CCCCCCCCCCCCCC(=O)NC(COC1OC(CO)C(O)C(O)C1O)C(O)/C=C/CCCCCCCCCCCCCC. The Kier molecular flexibility index (Phi) is 39.0. The predicted octanol–water partition coefficient (Wildman–Crippen LogP) is 11.2. The molecule has 1 fully saturated rings. The molecule has 1 heterocycles. The molecular formula is C51H95NO8. The standard InChI is InChI=1S/C51H95NO8/c1-3-5-7-9-11-13-15-17-19-20-21-22-23-24-25-26-27-29-31-33-35-37-39-41-47(55)52-44(43-59-51-50(58)49(57)48(56)46(42-53)60-51)45(54)40-38-36-34-32-30-28-18-16-14-12-10-8-6-4-2/h15,17,20-21,38,40,44-46,48-51,53-54,56-58H,3-14,16,18-19,22-37,39,41-43H2,1-2H3,(H,52,55)/b17-15-,21-20-,40-38+. The predicted molar refractivity (Wildman–Crippen MR) is 249 cm³/mol. The number of aliphatic hydroxyl groups excluding tert-OH is 5. The van der Waals surface area contributed by atoms with Gasteiger partial charge in [0.05, 0.1) is 25.4 Å². The Morgan fingerprint density at radius 2 is 0.983 bits per heavy atom. The van der Waals surface area contributed by atoms with Crippen molar-refractivity contribution in [3.05, 3.63) is 36.5 Å². The number of amides is 1. The summed E-state index contributed by atoms with van der Waals surface area (Å²) in [6.07, 6.45) is 44.7. The van der Waals surface area contributed by atoms with Gasteiger partial charge < -0.3 is 40.3 Å². The quantitative estimate of drug-likeness (QED) is 0.0263. The number of rotatable bonds is 42. The Balaban J connectivity index is 2.27. The first-order chi connectivity index (χ1) is 29.3. The van der Waals surface area contributed by atoms with Gasteiger partial charge in [-0.3, -0.25) is 4.79 Å². The van der Waals surface area contributed by atoms with E-state index in [0.29, 0.717) is 6.42 Å². The van der Waals surface area contributed by atoms with E-state index in [-0.39, 0.29) is 12.5 Å². The van der Waals surface area contributed by atoms with Gasteiger partial charge >= 0.3 is 0 Å². The maximum atomic E-state index is 13.0. The number of allylic oxidation sites excluding steroid dienone is 5. The molecule has 7 unspecified atom stereocenters. The first kappa shape index (κ1) is 56.4. The molecule has 0 aromatic heterocycles. The zero-order valence-corrected chi connectivity index (χ0v) is 38.7. The van der Waals surface area contributed by atoms with Crippen molar-refractivity contribution in [3.8, 4) is 0 Å². The summed E-state index contributed by atoms with van der Waals surface area (Å²) < 4.78 is 11.2. The van der Waals surface area contributed by atoms with E-state index in [9.17, 15) is 30.3 Å². The fraction of sp³-hybridized carbons (Fsp3) is 0.863. The van der Waals surface area contributed by atoms with Crippen molar-refractivity contribution in [1.29, 1.82) is 0 Å². The first-order valence-corrected chi connectivity index (χ1v) is 25.2. The average molecular weight is 850 g/mol. The molecule has 0 aromatic carbocycles. The minimum absolute atomic E-state index is 0.179. The largest absolute Gasteiger partial charge is 0.394 e. The molecule has 1 aliphatic rings. The molecule has 9 heteroatoms. The highest BCUT2D eigenvalue weighted by Gasteiger charge is 2.44. The summed E-state index contributed by atoms with van der Waals surface area (Å²) in [5.41, 5.74) is 0. The van der Waals surface area contributed by atoms with Crippen molar-refractivity contribution in [3.63, 3.8) is 0 Å². The fourth-order valence-electron chi connectivity index (χ4n) is 7.89. The molecule has 1 saturated heterocycles. The van der Waals surface area contributed by atoms with E-state index in [1.165, 1.54) is 161 Å². The molecule has 1 aliphatic heterocycles. The maximum absolute atomic E-state index is 13.0. The van der Waals surface area contributed by atoms with Gasteiger partial charge in [-0.1, -0.05) is 204 Å². The van der Waals surface area contributed by atoms with Crippen molar-refractivity contribution < 1.29 is 39.8 Å². The third-order valence-electron chi connectivity index (χ3n) is 12.0. The van der Waals surface area contributed by atoms with Crippen LogP contribution in [0.4, 0.5) is 0 Å². The van der Waals surface area contributed by atoms with E-state index >= 15 is 0 Å². The van der Waals surface area contributed by atoms with Crippen LogP contribution in [-0.2, 0) is 14.3 Å². The molecule has 0 spiro atoms. The van der Waals surface area contributed by atoms with Crippen molar-refractivity contribution in [2.75, 3.05) is 13.2 Å². The van der Waals surface area contributed by atoms with Crippen LogP contribution < -0.4 is 5.32 Å². The topological polar surface area (TPSA) is 149 Å². The third-order valence-corrected chi connectivity index (χ3v) is 12.0. The average Bonchev–Trinajstić information content (AvgIpc) is 3.25. The molecule has 9 nitrogen and oxygen atoms in total. The number of hydrogen-bond acceptors (Lipinski definition) is 8. The summed E-state index contributed by atoms with van der Waals surface area (Å²) in [7, 11) is 0. The van der Waals surface area contributed by atoms with Crippen LogP contribution in [0.15, 0.2) is 36.5 Å². The van der Waals surface area contributed by atoms with Crippen LogP contribution >= 0.6 is 0 Å². The lowest BCUT2D eigenvalue weighted by Gasteiger charge is -2.40. The molecule has 0 radical (unpaired) electrons. The number of nitrogens with one attached hydrogen (secondary N) is 1. The lowest BCUT2D eigenvalue weighted by atomic mass is 9.99. The van der Waals surface area contributed by atoms with Crippen LogP contribution in [0.3, 0.4) is 0 Å². The summed E-state index contributed by atoms with van der Waals surface area (Å²) in [4.78, 5) is 13.0. The second-order valence-corrected chi connectivity index (χ2v) is 17.6. The second-order valence-electron chi connectivity index (χ2n) is 17.6. The van der Waals surface area contributed by atoms with Gasteiger partial charge in [-0.15, -0.1) is 0 Å². The van der Waals surface area contributed by atoms with Gasteiger partial charge in [0.2, 0.25) is 5.91 Å². The van der Waals surface area contributed by atoms with Crippen molar-refractivity contribution in [2.45, 2.75) is 269 Å².